The van der Waals surface area contributed by atoms with Crippen molar-refractivity contribution in [2.24, 2.45) is 0 Å². The molecule has 3 rings (SSSR count). The van der Waals surface area contributed by atoms with Crippen LogP contribution in [-0.2, 0) is 11.3 Å². The summed E-state index contributed by atoms with van der Waals surface area (Å²) in [4.78, 5) is 16.5. The van der Waals surface area contributed by atoms with E-state index in [4.69, 9.17) is 4.74 Å². The van der Waals surface area contributed by atoms with Crippen molar-refractivity contribution >= 4 is 22.4 Å². The number of aromatic nitrogens is 2. The number of ether oxygens (including phenoxy) is 1. The SMILES string of the molecule is C=CCn1c(C)cc(-c2csc(NC(=O)COc3cccc(F)c3)n2)c1C. The smallest absolute Gasteiger partial charge is 0.264 e. The highest BCUT2D eigenvalue weighted by molar-refractivity contribution is 7.14. The molecular formula is C20H20FN3O2S. The number of thiazole rings is 1. The molecule has 0 radical (unpaired) electrons. The third-order valence-corrected chi connectivity index (χ3v) is 4.84. The summed E-state index contributed by atoms with van der Waals surface area (Å²) in [5.74, 6) is -0.455. The molecule has 1 aromatic carbocycles. The van der Waals surface area contributed by atoms with Gasteiger partial charge in [-0.25, -0.2) is 9.37 Å². The van der Waals surface area contributed by atoms with E-state index in [1.807, 2.05) is 25.3 Å². The molecule has 27 heavy (non-hydrogen) atoms. The molecule has 0 fully saturated rings. The van der Waals surface area contributed by atoms with Gasteiger partial charge in [-0.3, -0.25) is 10.1 Å². The summed E-state index contributed by atoms with van der Waals surface area (Å²) in [7, 11) is 0. The highest BCUT2D eigenvalue weighted by Crippen LogP contribution is 2.30. The number of nitrogens with zero attached hydrogens (tertiary/aromatic N) is 2. The lowest BCUT2D eigenvalue weighted by atomic mass is 10.2. The van der Waals surface area contributed by atoms with Gasteiger partial charge in [-0.1, -0.05) is 12.1 Å². The van der Waals surface area contributed by atoms with Crippen LogP contribution in [0.15, 0.2) is 48.4 Å². The fourth-order valence-corrected chi connectivity index (χ4v) is 3.51. The van der Waals surface area contributed by atoms with Gasteiger partial charge in [0.1, 0.15) is 11.6 Å². The molecule has 2 heterocycles. The first-order valence-corrected chi connectivity index (χ1v) is 9.27. The Labute approximate surface area is 161 Å². The van der Waals surface area contributed by atoms with Gasteiger partial charge >= 0.3 is 0 Å². The van der Waals surface area contributed by atoms with E-state index in [2.05, 4.69) is 27.5 Å². The second kappa shape index (κ2) is 8.18. The van der Waals surface area contributed by atoms with Crippen LogP contribution in [0.4, 0.5) is 9.52 Å². The van der Waals surface area contributed by atoms with Crippen molar-refractivity contribution in [2.45, 2.75) is 20.4 Å². The Kier molecular flexibility index (Phi) is 5.71. The molecule has 0 atom stereocenters. The summed E-state index contributed by atoms with van der Waals surface area (Å²) in [6, 6.07) is 7.74. The van der Waals surface area contributed by atoms with E-state index in [0.29, 0.717) is 10.9 Å². The molecule has 0 bridgehead atoms. The maximum absolute atomic E-state index is 13.1. The van der Waals surface area contributed by atoms with Crippen molar-refractivity contribution in [1.29, 1.82) is 0 Å². The molecule has 7 heteroatoms. The lowest BCUT2D eigenvalue weighted by Crippen LogP contribution is -2.20. The first kappa shape index (κ1) is 18.8. The van der Waals surface area contributed by atoms with E-state index in [1.165, 1.54) is 29.5 Å². The Morgan fingerprint density at radius 2 is 2.22 bits per heavy atom. The van der Waals surface area contributed by atoms with Crippen LogP contribution in [0.2, 0.25) is 0 Å². The number of rotatable bonds is 7. The Morgan fingerprint density at radius 3 is 2.96 bits per heavy atom. The lowest BCUT2D eigenvalue weighted by molar-refractivity contribution is -0.118. The van der Waals surface area contributed by atoms with Crippen molar-refractivity contribution in [1.82, 2.24) is 9.55 Å². The van der Waals surface area contributed by atoms with Crippen LogP contribution in [-0.4, -0.2) is 22.1 Å². The van der Waals surface area contributed by atoms with Crippen LogP contribution in [0, 0.1) is 19.7 Å². The Bertz CT molecular complexity index is 978. The zero-order valence-corrected chi connectivity index (χ0v) is 16.0. The van der Waals surface area contributed by atoms with Crippen molar-refractivity contribution in [3.05, 3.63) is 65.6 Å². The highest BCUT2D eigenvalue weighted by Gasteiger charge is 2.14. The summed E-state index contributed by atoms with van der Waals surface area (Å²) in [5, 5.41) is 5.11. The number of amides is 1. The minimum Gasteiger partial charge on any atom is -0.484 e. The van der Waals surface area contributed by atoms with Crippen LogP contribution >= 0.6 is 11.3 Å². The number of benzene rings is 1. The van der Waals surface area contributed by atoms with Gasteiger partial charge < -0.3 is 9.30 Å². The number of nitrogens with one attached hydrogen (secondary N) is 1. The first-order valence-electron chi connectivity index (χ1n) is 8.39. The van der Waals surface area contributed by atoms with Gasteiger partial charge in [0.15, 0.2) is 11.7 Å². The number of anilines is 1. The van der Waals surface area contributed by atoms with E-state index in [-0.39, 0.29) is 12.5 Å². The minimum absolute atomic E-state index is 0.216. The molecule has 0 aliphatic rings. The lowest BCUT2D eigenvalue weighted by Gasteiger charge is -2.06. The molecule has 0 spiro atoms. The molecule has 2 aromatic heterocycles. The second-order valence-electron chi connectivity index (χ2n) is 6.02. The maximum atomic E-state index is 13.1. The van der Waals surface area contributed by atoms with E-state index in [9.17, 15) is 9.18 Å². The number of aryl methyl sites for hydroxylation is 1. The first-order chi connectivity index (χ1) is 13.0. The Balaban J connectivity index is 1.65. The molecule has 1 amide bonds. The van der Waals surface area contributed by atoms with Crippen LogP contribution in [0.25, 0.3) is 11.3 Å². The molecule has 0 aliphatic carbocycles. The molecule has 0 unspecified atom stereocenters. The zero-order chi connectivity index (χ0) is 19.4. The molecule has 3 aromatic rings. The predicted octanol–water partition coefficient (Wildman–Crippen LogP) is 4.57. The fraction of sp³-hybridized carbons (Fsp3) is 0.200. The van der Waals surface area contributed by atoms with Gasteiger partial charge in [0.25, 0.3) is 5.91 Å². The van der Waals surface area contributed by atoms with E-state index < -0.39 is 5.82 Å². The van der Waals surface area contributed by atoms with Gasteiger partial charge in [-0.2, -0.15) is 0 Å². The number of halogens is 1. The van der Waals surface area contributed by atoms with Crippen LogP contribution < -0.4 is 10.1 Å². The monoisotopic (exact) mass is 385 g/mol. The van der Waals surface area contributed by atoms with Crippen molar-refractivity contribution in [2.75, 3.05) is 11.9 Å². The number of hydrogen-bond acceptors (Lipinski definition) is 4. The third kappa shape index (κ3) is 4.43. The highest BCUT2D eigenvalue weighted by atomic mass is 32.1. The zero-order valence-electron chi connectivity index (χ0n) is 15.2. The number of hydrogen-bond donors (Lipinski definition) is 1. The second-order valence-corrected chi connectivity index (χ2v) is 6.87. The normalized spacial score (nSPS) is 10.6. The molecule has 0 aliphatic heterocycles. The largest absolute Gasteiger partial charge is 0.484 e. The van der Waals surface area contributed by atoms with Crippen molar-refractivity contribution in [3.8, 4) is 17.0 Å². The minimum atomic E-state index is -0.411. The molecule has 0 saturated heterocycles. The van der Waals surface area contributed by atoms with Crippen LogP contribution in [0.1, 0.15) is 11.4 Å². The molecular weight excluding hydrogens is 365 g/mol. The summed E-state index contributed by atoms with van der Waals surface area (Å²) >= 11 is 1.35. The van der Waals surface area contributed by atoms with E-state index in [0.717, 1.165) is 29.2 Å². The van der Waals surface area contributed by atoms with Gasteiger partial charge in [0.05, 0.1) is 5.69 Å². The summed E-state index contributed by atoms with van der Waals surface area (Å²) in [6.07, 6.45) is 1.86. The van der Waals surface area contributed by atoms with Gasteiger partial charge in [-0.05, 0) is 32.0 Å². The number of carbonyl (C=O) groups excluding carboxylic acids is 1. The van der Waals surface area contributed by atoms with Gasteiger partial charge in [-0.15, -0.1) is 17.9 Å². The fourth-order valence-electron chi connectivity index (χ4n) is 2.79. The molecule has 1 N–H and O–H groups in total. The van der Waals surface area contributed by atoms with Crippen molar-refractivity contribution < 1.29 is 13.9 Å². The Hall–Kier alpha value is -2.93. The van der Waals surface area contributed by atoms with Crippen molar-refractivity contribution in [3.63, 3.8) is 0 Å². The van der Waals surface area contributed by atoms with Gasteiger partial charge in [0.2, 0.25) is 0 Å². The molecule has 140 valence electrons. The van der Waals surface area contributed by atoms with E-state index in [1.54, 1.807) is 6.07 Å². The van der Waals surface area contributed by atoms with E-state index >= 15 is 0 Å². The Morgan fingerprint density at radius 1 is 1.41 bits per heavy atom. The maximum Gasteiger partial charge on any atom is 0.264 e. The topological polar surface area (TPSA) is 56.2 Å². The van der Waals surface area contributed by atoms with Crippen LogP contribution in [0.3, 0.4) is 0 Å². The van der Waals surface area contributed by atoms with Crippen LogP contribution in [0.5, 0.6) is 5.75 Å². The number of carbonyl (C=O) groups is 1. The average molecular weight is 385 g/mol. The third-order valence-electron chi connectivity index (χ3n) is 4.08. The predicted molar refractivity (Wildman–Crippen MR) is 106 cm³/mol. The number of allylic oxidation sites excluding steroid dienone is 1. The molecule has 0 saturated carbocycles. The average Bonchev–Trinajstić information content (AvgIpc) is 3.20. The van der Waals surface area contributed by atoms with Gasteiger partial charge in [0, 0.05) is 34.9 Å². The molecule has 5 nitrogen and oxygen atoms in total. The summed E-state index contributed by atoms with van der Waals surface area (Å²) in [6.45, 7) is 8.39. The standard InChI is InChI=1S/C20H20FN3O2S/c1-4-8-24-13(2)9-17(14(24)3)18-12-27-20(22-18)23-19(25)11-26-16-7-5-6-15(21)10-16/h4-7,9-10,12H,1,8,11H2,2-3H3,(H,22,23,25). The summed E-state index contributed by atoms with van der Waals surface area (Å²) < 4.78 is 20.6. The summed E-state index contributed by atoms with van der Waals surface area (Å²) in [5.41, 5.74) is 4.07. The quantitative estimate of drug-likeness (QED) is 0.606.